The van der Waals surface area contributed by atoms with Crippen LogP contribution < -0.4 is 5.32 Å². The molecule has 0 spiro atoms. The Hall–Kier alpha value is -3.80. The fourth-order valence-electron chi connectivity index (χ4n) is 3.47. The number of benzene rings is 3. The number of halogens is 1. The monoisotopic (exact) mass is 447 g/mol. The van der Waals surface area contributed by atoms with Crippen LogP contribution >= 0.6 is 0 Å². The average molecular weight is 448 g/mol. The number of hydrogen-bond donors (Lipinski definition) is 1. The van der Waals surface area contributed by atoms with E-state index in [1.54, 1.807) is 13.8 Å². The molecular formula is C27H26FNO4. The van der Waals surface area contributed by atoms with Crippen molar-refractivity contribution >= 4 is 17.7 Å². The van der Waals surface area contributed by atoms with Crippen LogP contribution in [0.2, 0.25) is 0 Å². The second kappa shape index (κ2) is 11.2. The highest BCUT2D eigenvalue weighted by Gasteiger charge is 2.31. The molecule has 3 rings (SSSR count). The molecule has 1 N–H and O–H groups in total. The number of nitrogens with one attached hydrogen (secondary N) is 1. The summed E-state index contributed by atoms with van der Waals surface area (Å²) in [6, 6.07) is 22.7. The van der Waals surface area contributed by atoms with Gasteiger partial charge >= 0.3 is 5.97 Å². The van der Waals surface area contributed by atoms with Gasteiger partial charge in [0.05, 0.1) is 5.92 Å². The number of carbonyl (C=O) groups is 3. The SMILES string of the molecule is CC(C)[C@H](NC(=O)C(c1ccccc1)c1ccccc1)C(=O)OCC(=O)c1ccc(F)cc1. The molecule has 0 saturated carbocycles. The fraction of sp³-hybridized carbons (Fsp3) is 0.222. The molecule has 3 aromatic rings. The van der Waals surface area contributed by atoms with Crippen molar-refractivity contribution in [2.24, 2.45) is 5.92 Å². The Morgan fingerprint density at radius 3 is 1.82 bits per heavy atom. The summed E-state index contributed by atoms with van der Waals surface area (Å²) in [6.45, 7) is 3.08. The molecule has 170 valence electrons. The van der Waals surface area contributed by atoms with E-state index in [9.17, 15) is 18.8 Å². The van der Waals surface area contributed by atoms with Gasteiger partial charge in [0.1, 0.15) is 11.9 Å². The molecular weight excluding hydrogens is 421 g/mol. The number of esters is 1. The van der Waals surface area contributed by atoms with E-state index in [-0.39, 0.29) is 17.4 Å². The molecule has 1 atom stereocenters. The number of carbonyl (C=O) groups excluding carboxylic acids is 3. The number of ketones is 1. The Kier molecular flexibility index (Phi) is 8.08. The molecule has 6 heteroatoms. The second-order valence-electron chi connectivity index (χ2n) is 8.02. The Labute approximate surface area is 192 Å². The number of Topliss-reactive ketones (excluding diaryl/α,β-unsaturated/α-hetero) is 1. The van der Waals surface area contributed by atoms with Gasteiger partial charge in [-0.15, -0.1) is 0 Å². The normalized spacial score (nSPS) is 11.8. The quantitative estimate of drug-likeness (QED) is 0.387. The number of rotatable bonds is 9. The lowest BCUT2D eigenvalue weighted by Crippen LogP contribution is -2.47. The van der Waals surface area contributed by atoms with Gasteiger partial charge in [-0.3, -0.25) is 9.59 Å². The van der Waals surface area contributed by atoms with E-state index < -0.39 is 36.1 Å². The van der Waals surface area contributed by atoms with Gasteiger partial charge in [0.2, 0.25) is 5.91 Å². The fourth-order valence-corrected chi connectivity index (χ4v) is 3.47. The van der Waals surface area contributed by atoms with Crippen molar-refractivity contribution in [2.45, 2.75) is 25.8 Å². The molecule has 1 amide bonds. The molecule has 0 aromatic heterocycles. The average Bonchev–Trinajstić information content (AvgIpc) is 2.82. The lowest BCUT2D eigenvalue weighted by atomic mass is 9.90. The Balaban J connectivity index is 1.73. The van der Waals surface area contributed by atoms with Crippen LogP contribution in [0.3, 0.4) is 0 Å². The summed E-state index contributed by atoms with van der Waals surface area (Å²) in [5.74, 6) is -2.83. The van der Waals surface area contributed by atoms with Crippen molar-refractivity contribution in [2.75, 3.05) is 6.61 Å². The molecule has 0 heterocycles. The van der Waals surface area contributed by atoms with Gasteiger partial charge in [-0.1, -0.05) is 74.5 Å². The first kappa shape index (κ1) is 23.9. The molecule has 33 heavy (non-hydrogen) atoms. The molecule has 0 bridgehead atoms. The molecule has 0 aliphatic heterocycles. The molecule has 0 radical (unpaired) electrons. The summed E-state index contributed by atoms with van der Waals surface area (Å²) in [6.07, 6.45) is 0. The lowest BCUT2D eigenvalue weighted by molar-refractivity contribution is -0.148. The van der Waals surface area contributed by atoms with E-state index in [0.717, 1.165) is 11.1 Å². The highest BCUT2D eigenvalue weighted by molar-refractivity contribution is 5.98. The first-order chi connectivity index (χ1) is 15.9. The van der Waals surface area contributed by atoms with E-state index in [1.807, 2.05) is 60.7 Å². The maximum absolute atomic E-state index is 13.3. The van der Waals surface area contributed by atoms with E-state index in [2.05, 4.69) is 5.32 Å². The van der Waals surface area contributed by atoms with E-state index >= 15 is 0 Å². The summed E-state index contributed by atoms with van der Waals surface area (Å²) < 4.78 is 18.3. The zero-order chi connectivity index (χ0) is 23.8. The Morgan fingerprint density at radius 2 is 1.33 bits per heavy atom. The van der Waals surface area contributed by atoms with Gasteiger partial charge in [0, 0.05) is 5.56 Å². The van der Waals surface area contributed by atoms with Gasteiger partial charge in [0.15, 0.2) is 12.4 Å². The van der Waals surface area contributed by atoms with Gasteiger partial charge in [-0.2, -0.15) is 0 Å². The molecule has 0 fully saturated rings. The molecule has 5 nitrogen and oxygen atoms in total. The van der Waals surface area contributed by atoms with Gasteiger partial charge in [-0.05, 0) is 41.3 Å². The van der Waals surface area contributed by atoms with Crippen molar-refractivity contribution < 1.29 is 23.5 Å². The third-order valence-corrected chi connectivity index (χ3v) is 5.26. The number of amides is 1. The predicted octanol–water partition coefficient (Wildman–Crippen LogP) is 4.52. The standard InChI is InChI=1S/C27H26FNO4/c1-18(2)25(27(32)33-17-23(30)19-13-15-22(28)16-14-19)29-26(31)24(20-9-5-3-6-10-20)21-11-7-4-8-12-21/h3-16,18,24-25H,17H2,1-2H3,(H,29,31)/t25-/m0/s1. The first-order valence-electron chi connectivity index (χ1n) is 10.7. The first-order valence-corrected chi connectivity index (χ1v) is 10.7. The Morgan fingerprint density at radius 1 is 0.818 bits per heavy atom. The zero-order valence-electron chi connectivity index (χ0n) is 18.5. The molecule has 0 aliphatic rings. The summed E-state index contributed by atoms with van der Waals surface area (Å²) in [4.78, 5) is 38.4. The van der Waals surface area contributed by atoms with E-state index in [4.69, 9.17) is 4.74 Å². The summed E-state index contributed by atoms with van der Waals surface area (Å²) in [5.41, 5.74) is 1.83. The van der Waals surface area contributed by atoms with Crippen LogP contribution in [0.5, 0.6) is 0 Å². The third kappa shape index (κ3) is 6.35. The maximum atomic E-state index is 13.3. The smallest absolute Gasteiger partial charge is 0.329 e. The van der Waals surface area contributed by atoms with Crippen LogP contribution in [0, 0.1) is 11.7 Å². The van der Waals surface area contributed by atoms with E-state index in [0.29, 0.717) is 0 Å². The van der Waals surface area contributed by atoms with Crippen LogP contribution in [0.4, 0.5) is 4.39 Å². The molecule has 0 aliphatic carbocycles. The Bertz CT molecular complexity index is 1040. The molecule has 0 saturated heterocycles. The van der Waals surface area contributed by atoms with Crippen LogP contribution in [-0.2, 0) is 14.3 Å². The van der Waals surface area contributed by atoms with Crippen molar-refractivity contribution in [1.29, 1.82) is 0 Å². The summed E-state index contributed by atoms with van der Waals surface area (Å²) >= 11 is 0. The molecule has 3 aromatic carbocycles. The van der Waals surface area contributed by atoms with Crippen molar-refractivity contribution in [1.82, 2.24) is 5.32 Å². The maximum Gasteiger partial charge on any atom is 0.329 e. The van der Waals surface area contributed by atoms with Crippen molar-refractivity contribution in [3.8, 4) is 0 Å². The molecule has 0 unspecified atom stereocenters. The van der Waals surface area contributed by atoms with Crippen molar-refractivity contribution in [3.05, 3.63) is 107 Å². The minimum atomic E-state index is -0.937. The lowest BCUT2D eigenvalue weighted by Gasteiger charge is -2.24. The number of ether oxygens (including phenoxy) is 1. The van der Waals surface area contributed by atoms with Crippen LogP contribution in [0.1, 0.15) is 41.3 Å². The van der Waals surface area contributed by atoms with Gasteiger partial charge < -0.3 is 10.1 Å². The summed E-state index contributed by atoms with van der Waals surface area (Å²) in [5, 5.41) is 2.81. The van der Waals surface area contributed by atoms with E-state index in [1.165, 1.54) is 24.3 Å². The minimum absolute atomic E-state index is 0.238. The predicted molar refractivity (Wildman–Crippen MR) is 123 cm³/mol. The van der Waals surface area contributed by atoms with Crippen LogP contribution in [0.25, 0.3) is 0 Å². The highest BCUT2D eigenvalue weighted by atomic mass is 19.1. The largest absolute Gasteiger partial charge is 0.456 e. The highest BCUT2D eigenvalue weighted by Crippen LogP contribution is 2.25. The topological polar surface area (TPSA) is 72.5 Å². The second-order valence-corrected chi connectivity index (χ2v) is 8.02. The van der Waals surface area contributed by atoms with Crippen molar-refractivity contribution in [3.63, 3.8) is 0 Å². The van der Waals surface area contributed by atoms with Crippen LogP contribution in [0.15, 0.2) is 84.9 Å². The zero-order valence-corrected chi connectivity index (χ0v) is 18.5. The number of hydrogen-bond acceptors (Lipinski definition) is 4. The van der Waals surface area contributed by atoms with Gasteiger partial charge in [0.25, 0.3) is 0 Å². The van der Waals surface area contributed by atoms with Gasteiger partial charge in [-0.25, -0.2) is 9.18 Å². The third-order valence-electron chi connectivity index (χ3n) is 5.26. The summed E-state index contributed by atoms with van der Waals surface area (Å²) in [7, 11) is 0. The minimum Gasteiger partial charge on any atom is -0.456 e. The van der Waals surface area contributed by atoms with Crippen LogP contribution in [-0.4, -0.2) is 30.3 Å².